The maximum atomic E-state index is 5.56. The maximum absolute atomic E-state index is 5.56. The third kappa shape index (κ3) is 3.44. The molecule has 19 heavy (non-hydrogen) atoms. The molecule has 0 amide bonds. The third-order valence-corrected chi connectivity index (χ3v) is 5.34. The van der Waals surface area contributed by atoms with E-state index >= 15 is 0 Å². The van der Waals surface area contributed by atoms with Gasteiger partial charge in [-0.05, 0) is 36.5 Å². The summed E-state index contributed by atoms with van der Waals surface area (Å²) in [7, 11) is 3.30. The summed E-state index contributed by atoms with van der Waals surface area (Å²) in [5.41, 5.74) is 1.17. The highest BCUT2D eigenvalue weighted by Gasteiger charge is 2.26. The summed E-state index contributed by atoms with van der Waals surface area (Å²) >= 11 is 7.41. The van der Waals surface area contributed by atoms with E-state index in [2.05, 4.69) is 31.9 Å². The summed E-state index contributed by atoms with van der Waals surface area (Å²) < 4.78 is 17.3. The molecule has 106 valence electrons. The minimum atomic E-state index is 0.252. The van der Waals surface area contributed by atoms with Crippen LogP contribution in [0.15, 0.2) is 16.6 Å². The van der Waals surface area contributed by atoms with Crippen molar-refractivity contribution in [2.24, 2.45) is 5.92 Å². The fourth-order valence-corrected chi connectivity index (χ4v) is 4.00. The summed E-state index contributed by atoms with van der Waals surface area (Å²) in [5.74, 6) is 1.97. The van der Waals surface area contributed by atoms with Gasteiger partial charge in [0.15, 0.2) is 11.5 Å². The van der Waals surface area contributed by atoms with E-state index in [-0.39, 0.29) is 4.83 Å². The molecule has 1 aromatic rings. The lowest BCUT2D eigenvalue weighted by atomic mass is 9.94. The molecule has 1 saturated heterocycles. The number of alkyl halides is 1. The Morgan fingerprint density at radius 3 is 2.53 bits per heavy atom. The van der Waals surface area contributed by atoms with Gasteiger partial charge in [-0.15, -0.1) is 0 Å². The normalized spacial score (nSPS) is 20.9. The molecule has 0 aliphatic carbocycles. The van der Waals surface area contributed by atoms with E-state index in [4.69, 9.17) is 14.2 Å². The molecule has 5 heteroatoms. The summed E-state index contributed by atoms with van der Waals surface area (Å²) in [4.78, 5) is 0.252. The van der Waals surface area contributed by atoms with Gasteiger partial charge >= 0.3 is 0 Å². The molecule has 0 saturated carbocycles. The minimum absolute atomic E-state index is 0.252. The molecule has 1 aliphatic rings. The molecule has 0 spiro atoms. The molecule has 0 bridgehead atoms. The van der Waals surface area contributed by atoms with Crippen molar-refractivity contribution in [3.05, 3.63) is 22.2 Å². The highest BCUT2D eigenvalue weighted by Crippen LogP contribution is 2.43. The van der Waals surface area contributed by atoms with Crippen molar-refractivity contribution < 1.29 is 14.2 Å². The number of halogens is 2. The van der Waals surface area contributed by atoms with Crippen molar-refractivity contribution in [2.75, 3.05) is 27.4 Å². The topological polar surface area (TPSA) is 27.7 Å². The first-order chi connectivity index (χ1) is 9.17. The van der Waals surface area contributed by atoms with Gasteiger partial charge in [-0.2, -0.15) is 0 Å². The molecule has 1 aromatic carbocycles. The second-order valence-corrected chi connectivity index (χ2v) is 6.45. The van der Waals surface area contributed by atoms with E-state index < -0.39 is 0 Å². The van der Waals surface area contributed by atoms with Crippen LogP contribution in [0.25, 0.3) is 0 Å². The van der Waals surface area contributed by atoms with Gasteiger partial charge in [0.25, 0.3) is 0 Å². The lowest BCUT2D eigenvalue weighted by Gasteiger charge is -2.27. The second-order valence-electron chi connectivity index (χ2n) is 4.61. The molecule has 0 radical (unpaired) electrons. The summed E-state index contributed by atoms with van der Waals surface area (Å²) in [6.07, 6.45) is 2.30. The van der Waals surface area contributed by atoms with Crippen molar-refractivity contribution in [1.82, 2.24) is 0 Å². The van der Waals surface area contributed by atoms with Crippen LogP contribution >= 0.6 is 31.9 Å². The quantitative estimate of drug-likeness (QED) is 0.712. The lowest BCUT2D eigenvalue weighted by Crippen LogP contribution is -2.21. The Hall–Kier alpha value is -0.260. The summed E-state index contributed by atoms with van der Waals surface area (Å²) in [6, 6.07) is 3.98. The molecule has 2 rings (SSSR count). The van der Waals surface area contributed by atoms with Crippen molar-refractivity contribution in [3.8, 4) is 11.5 Å². The average Bonchev–Trinajstić information content (AvgIpc) is 2.47. The zero-order valence-corrected chi connectivity index (χ0v) is 14.3. The van der Waals surface area contributed by atoms with Crippen LogP contribution < -0.4 is 9.47 Å². The third-order valence-electron chi connectivity index (χ3n) is 3.41. The Balaban J connectivity index is 2.27. The van der Waals surface area contributed by atoms with Crippen LogP contribution in [-0.4, -0.2) is 27.4 Å². The van der Waals surface area contributed by atoms with Gasteiger partial charge in [-0.25, -0.2) is 0 Å². The number of hydrogen-bond donors (Lipinski definition) is 0. The molecule has 1 aliphatic heterocycles. The van der Waals surface area contributed by atoms with Gasteiger partial charge in [0.2, 0.25) is 0 Å². The van der Waals surface area contributed by atoms with Gasteiger partial charge in [0.05, 0.1) is 20.8 Å². The Labute approximate surface area is 130 Å². The van der Waals surface area contributed by atoms with Gasteiger partial charge in [-0.1, -0.05) is 31.9 Å². The van der Waals surface area contributed by atoms with Gasteiger partial charge in [0.1, 0.15) is 0 Å². The van der Waals surface area contributed by atoms with Crippen molar-refractivity contribution in [1.29, 1.82) is 0 Å². The van der Waals surface area contributed by atoms with E-state index in [1.54, 1.807) is 14.2 Å². The van der Waals surface area contributed by atoms with Crippen LogP contribution in [0.1, 0.15) is 23.2 Å². The summed E-state index contributed by atoms with van der Waals surface area (Å²) in [6.45, 7) is 1.68. The predicted molar refractivity (Wildman–Crippen MR) is 82.5 cm³/mol. The molecule has 3 nitrogen and oxygen atoms in total. The standard InChI is InChI=1S/C14H18Br2O3/c1-17-12-6-10(11(15)7-13(12)18-2)14(16)9-4-3-5-19-8-9/h6-7,9,14H,3-5,8H2,1-2H3. The monoisotopic (exact) mass is 392 g/mol. The molecule has 0 aromatic heterocycles. The van der Waals surface area contributed by atoms with E-state index in [1.165, 1.54) is 12.0 Å². The Morgan fingerprint density at radius 1 is 1.26 bits per heavy atom. The first-order valence-electron chi connectivity index (χ1n) is 6.30. The number of benzene rings is 1. The zero-order chi connectivity index (χ0) is 13.8. The molecule has 2 unspecified atom stereocenters. The highest BCUT2D eigenvalue weighted by atomic mass is 79.9. The Kier molecular flexibility index (Phi) is 5.54. The number of rotatable bonds is 4. The molecule has 2 atom stereocenters. The SMILES string of the molecule is COc1cc(Br)c(C(Br)C2CCCOC2)cc1OC. The number of ether oxygens (including phenoxy) is 3. The number of methoxy groups -OCH3 is 2. The first-order valence-corrected chi connectivity index (χ1v) is 8.01. The average molecular weight is 394 g/mol. The molecular formula is C14H18Br2O3. The van der Waals surface area contributed by atoms with Crippen LogP contribution in [0.3, 0.4) is 0 Å². The first kappa shape index (κ1) is 15.1. The van der Waals surface area contributed by atoms with E-state index in [9.17, 15) is 0 Å². The molecule has 0 N–H and O–H groups in total. The second kappa shape index (κ2) is 6.95. The largest absolute Gasteiger partial charge is 0.493 e. The fraction of sp³-hybridized carbons (Fsp3) is 0.571. The van der Waals surface area contributed by atoms with Crippen molar-refractivity contribution in [2.45, 2.75) is 17.7 Å². The van der Waals surface area contributed by atoms with Gasteiger partial charge in [0, 0.05) is 15.9 Å². The van der Waals surface area contributed by atoms with Crippen LogP contribution in [0.5, 0.6) is 11.5 Å². The Bertz CT molecular complexity index is 431. The van der Waals surface area contributed by atoms with E-state index in [1.807, 2.05) is 12.1 Å². The predicted octanol–water partition coefficient (Wildman–Crippen LogP) is 4.33. The van der Waals surface area contributed by atoms with Crippen molar-refractivity contribution >= 4 is 31.9 Å². The molecule has 1 fully saturated rings. The smallest absolute Gasteiger partial charge is 0.161 e. The van der Waals surface area contributed by atoms with Crippen LogP contribution in [0, 0.1) is 5.92 Å². The fourth-order valence-electron chi connectivity index (χ4n) is 2.33. The van der Waals surface area contributed by atoms with E-state index in [0.29, 0.717) is 5.92 Å². The number of hydrogen-bond acceptors (Lipinski definition) is 3. The van der Waals surface area contributed by atoms with Gasteiger partial charge < -0.3 is 14.2 Å². The zero-order valence-electron chi connectivity index (χ0n) is 11.1. The van der Waals surface area contributed by atoms with Crippen molar-refractivity contribution in [3.63, 3.8) is 0 Å². The lowest BCUT2D eigenvalue weighted by molar-refractivity contribution is 0.0545. The van der Waals surface area contributed by atoms with Gasteiger partial charge in [-0.3, -0.25) is 0 Å². The molecule has 1 heterocycles. The maximum Gasteiger partial charge on any atom is 0.161 e. The van der Waals surface area contributed by atoms with Crippen LogP contribution in [-0.2, 0) is 4.74 Å². The summed E-state index contributed by atoms with van der Waals surface area (Å²) in [5, 5.41) is 0. The minimum Gasteiger partial charge on any atom is -0.493 e. The molecular weight excluding hydrogens is 376 g/mol. The Morgan fingerprint density at radius 2 is 1.95 bits per heavy atom. The van der Waals surface area contributed by atoms with Crippen LogP contribution in [0.2, 0.25) is 0 Å². The highest BCUT2D eigenvalue weighted by molar-refractivity contribution is 9.11. The van der Waals surface area contributed by atoms with E-state index in [0.717, 1.165) is 35.6 Å². The van der Waals surface area contributed by atoms with Crippen LogP contribution in [0.4, 0.5) is 0 Å².